The molecule has 2 rings (SSSR count). The van der Waals surface area contributed by atoms with Crippen LogP contribution in [-0.2, 0) is 9.84 Å². The molecule has 1 atom stereocenters. The molecular weight excluding hydrogens is 264 g/mol. The summed E-state index contributed by atoms with van der Waals surface area (Å²) in [7, 11) is -2.93. The van der Waals surface area contributed by atoms with Crippen molar-refractivity contribution in [2.45, 2.75) is 18.9 Å². The molecule has 1 unspecified atom stereocenters. The summed E-state index contributed by atoms with van der Waals surface area (Å²) in [5.41, 5.74) is 4.50. The average Bonchev–Trinajstić information content (AvgIpc) is 2.77. The van der Waals surface area contributed by atoms with Crippen molar-refractivity contribution in [3.8, 4) is 0 Å². The summed E-state index contributed by atoms with van der Waals surface area (Å²) < 4.78 is 27.7. The van der Waals surface area contributed by atoms with Crippen LogP contribution in [0.3, 0.4) is 0 Å². The van der Waals surface area contributed by atoms with Gasteiger partial charge in [-0.2, -0.15) is 0 Å². The lowest BCUT2D eigenvalue weighted by Crippen LogP contribution is -2.28. The van der Waals surface area contributed by atoms with Gasteiger partial charge in [-0.15, -0.1) is 0 Å². The summed E-state index contributed by atoms with van der Waals surface area (Å²) in [6.07, 6.45) is 4.13. The van der Waals surface area contributed by atoms with E-state index in [4.69, 9.17) is 10.3 Å². The first-order valence-electron chi connectivity index (χ1n) is 6.11. The number of nitrogens with one attached hydrogen (secondary N) is 1. The first kappa shape index (κ1) is 14.0. The van der Waals surface area contributed by atoms with Crippen LogP contribution in [0.2, 0.25) is 0 Å². The van der Waals surface area contributed by atoms with E-state index in [0.29, 0.717) is 12.8 Å². The molecule has 1 aromatic heterocycles. The number of rotatable bonds is 6. The Hall–Kier alpha value is -1.37. The number of hydrogen-bond donors (Lipinski definition) is 2. The fourth-order valence-corrected chi connectivity index (χ4v) is 2.84. The van der Waals surface area contributed by atoms with Crippen LogP contribution >= 0.6 is 0 Å². The van der Waals surface area contributed by atoms with Gasteiger partial charge >= 0.3 is 0 Å². The van der Waals surface area contributed by atoms with Gasteiger partial charge < -0.3 is 4.42 Å². The molecule has 104 valence electrons. The summed E-state index contributed by atoms with van der Waals surface area (Å²) in [4.78, 5) is 0. The van der Waals surface area contributed by atoms with Gasteiger partial charge in [0.15, 0.2) is 0 Å². The highest BCUT2D eigenvalue weighted by atomic mass is 32.2. The van der Waals surface area contributed by atoms with Gasteiger partial charge in [0.25, 0.3) is 0 Å². The molecule has 1 aromatic carbocycles. The molecule has 0 radical (unpaired) electrons. The van der Waals surface area contributed by atoms with E-state index in [9.17, 15) is 8.42 Å². The number of sulfone groups is 1. The number of nitrogens with two attached hydrogens (primary N) is 1. The summed E-state index contributed by atoms with van der Waals surface area (Å²) in [5.74, 6) is 5.73. The standard InChI is InChI=1S/C13H18N2O3S/c1-19(16,17)8-4-6-12(15-14)11-9-18-13-7-3-2-5-10(11)13/h2-3,5,7,9,12,15H,4,6,8,14H2,1H3. The lowest BCUT2D eigenvalue weighted by molar-refractivity contribution is 0.500. The topological polar surface area (TPSA) is 85.3 Å². The summed E-state index contributed by atoms with van der Waals surface area (Å²) in [6, 6.07) is 7.60. The number of fused-ring (bicyclic) bond motifs is 1. The fraction of sp³-hybridized carbons (Fsp3) is 0.385. The number of para-hydroxylation sites is 1. The van der Waals surface area contributed by atoms with Gasteiger partial charge in [0.05, 0.1) is 6.26 Å². The molecule has 1 heterocycles. The Morgan fingerprint density at radius 1 is 1.37 bits per heavy atom. The Balaban J connectivity index is 2.13. The zero-order valence-corrected chi connectivity index (χ0v) is 11.6. The first-order chi connectivity index (χ1) is 9.01. The largest absolute Gasteiger partial charge is 0.464 e. The lowest BCUT2D eigenvalue weighted by atomic mass is 10.0. The molecule has 19 heavy (non-hydrogen) atoms. The third-order valence-electron chi connectivity index (χ3n) is 3.10. The molecular formula is C13H18N2O3S. The molecule has 0 fully saturated rings. The number of furan rings is 1. The van der Waals surface area contributed by atoms with E-state index in [0.717, 1.165) is 16.5 Å². The Bertz CT molecular complexity index is 649. The van der Waals surface area contributed by atoms with E-state index in [1.54, 1.807) is 6.26 Å². The second-order valence-electron chi connectivity index (χ2n) is 4.68. The molecule has 0 spiro atoms. The smallest absolute Gasteiger partial charge is 0.147 e. The third-order valence-corrected chi connectivity index (χ3v) is 4.13. The fourth-order valence-electron chi connectivity index (χ4n) is 2.15. The maximum atomic E-state index is 11.1. The van der Waals surface area contributed by atoms with E-state index < -0.39 is 9.84 Å². The van der Waals surface area contributed by atoms with E-state index in [-0.39, 0.29) is 11.8 Å². The van der Waals surface area contributed by atoms with Gasteiger partial charge in [0.2, 0.25) is 0 Å². The van der Waals surface area contributed by atoms with Crippen LogP contribution in [0.15, 0.2) is 34.9 Å². The van der Waals surface area contributed by atoms with Gasteiger partial charge in [-0.25, -0.2) is 8.42 Å². The van der Waals surface area contributed by atoms with Crippen LogP contribution in [0.25, 0.3) is 11.0 Å². The molecule has 5 nitrogen and oxygen atoms in total. The average molecular weight is 282 g/mol. The Labute approximate surface area is 112 Å². The van der Waals surface area contributed by atoms with Crippen LogP contribution < -0.4 is 11.3 Å². The highest BCUT2D eigenvalue weighted by molar-refractivity contribution is 7.90. The number of hydrazine groups is 1. The summed E-state index contributed by atoms with van der Waals surface area (Å²) in [6.45, 7) is 0. The third kappa shape index (κ3) is 3.56. The van der Waals surface area contributed by atoms with Gasteiger partial charge in [-0.3, -0.25) is 11.3 Å². The Morgan fingerprint density at radius 2 is 2.11 bits per heavy atom. The number of benzene rings is 1. The molecule has 0 saturated carbocycles. The minimum absolute atomic E-state index is 0.106. The highest BCUT2D eigenvalue weighted by Crippen LogP contribution is 2.28. The SMILES string of the molecule is CS(=O)(=O)CCCC(NN)c1coc2ccccc12. The first-order valence-corrected chi connectivity index (χ1v) is 8.17. The van der Waals surface area contributed by atoms with E-state index in [1.807, 2.05) is 24.3 Å². The minimum atomic E-state index is -2.93. The van der Waals surface area contributed by atoms with Crippen molar-refractivity contribution in [2.24, 2.45) is 5.84 Å². The number of hydrogen-bond acceptors (Lipinski definition) is 5. The van der Waals surface area contributed by atoms with Crippen molar-refractivity contribution < 1.29 is 12.8 Å². The quantitative estimate of drug-likeness (QED) is 0.623. The van der Waals surface area contributed by atoms with Crippen LogP contribution in [0.4, 0.5) is 0 Å². The molecule has 0 saturated heterocycles. The molecule has 0 bridgehead atoms. The van der Waals surface area contributed by atoms with Crippen LogP contribution in [0, 0.1) is 0 Å². The maximum Gasteiger partial charge on any atom is 0.147 e. The maximum absolute atomic E-state index is 11.1. The minimum Gasteiger partial charge on any atom is -0.464 e. The predicted octanol–water partition coefficient (Wildman–Crippen LogP) is 1.76. The van der Waals surface area contributed by atoms with E-state index in [1.165, 1.54) is 6.26 Å². The van der Waals surface area contributed by atoms with Crippen molar-refractivity contribution in [3.05, 3.63) is 36.1 Å². The Morgan fingerprint density at radius 3 is 2.79 bits per heavy atom. The molecule has 6 heteroatoms. The van der Waals surface area contributed by atoms with Crippen LogP contribution in [-0.4, -0.2) is 20.4 Å². The zero-order valence-electron chi connectivity index (χ0n) is 10.8. The highest BCUT2D eigenvalue weighted by Gasteiger charge is 2.16. The van der Waals surface area contributed by atoms with E-state index >= 15 is 0 Å². The molecule has 0 aliphatic carbocycles. The lowest BCUT2D eigenvalue weighted by Gasteiger charge is -2.14. The van der Waals surface area contributed by atoms with Crippen molar-refractivity contribution in [1.82, 2.24) is 5.43 Å². The van der Waals surface area contributed by atoms with Gasteiger partial charge in [-0.1, -0.05) is 18.2 Å². The second-order valence-corrected chi connectivity index (χ2v) is 6.94. The monoisotopic (exact) mass is 282 g/mol. The molecule has 3 N–H and O–H groups in total. The molecule has 2 aromatic rings. The van der Waals surface area contributed by atoms with Crippen molar-refractivity contribution in [2.75, 3.05) is 12.0 Å². The molecule has 0 amide bonds. The summed E-state index contributed by atoms with van der Waals surface area (Å²) in [5, 5.41) is 1.00. The van der Waals surface area contributed by atoms with Gasteiger partial charge in [-0.05, 0) is 18.9 Å². The zero-order chi connectivity index (χ0) is 13.9. The van der Waals surface area contributed by atoms with Crippen LogP contribution in [0.5, 0.6) is 0 Å². The predicted molar refractivity (Wildman–Crippen MR) is 75.2 cm³/mol. The normalized spacial score (nSPS) is 13.8. The second kappa shape index (κ2) is 5.73. The summed E-state index contributed by atoms with van der Waals surface area (Å²) >= 11 is 0. The van der Waals surface area contributed by atoms with Crippen molar-refractivity contribution >= 4 is 20.8 Å². The van der Waals surface area contributed by atoms with Crippen LogP contribution in [0.1, 0.15) is 24.4 Å². The van der Waals surface area contributed by atoms with Gasteiger partial charge in [0.1, 0.15) is 15.4 Å². The van der Waals surface area contributed by atoms with Crippen molar-refractivity contribution in [3.63, 3.8) is 0 Å². The van der Waals surface area contributed by atoms with E-state index in [2.05, 4.69) is 5.43 Å². The van der Waals surface area contributed by atoms with Gasteiger partial charge in [0, 0.05) is 29.0 Å². The van der Waals surface area contributed by atoms with Crippen molar-refractivity contribution in [1.29, 1.82) is 0 Å². The molecule has 0 aliphatic rings. The molecule has 0 aliphatic heterocycles. The Kier molecular flexibility index (Phi) is 4.24.